The second kappa shape index (κ2) is 4.11. The van der Waals surface area contributed by atoms with Crippen LogP contribution in [0.25, 0.3) is 5.65 Å². The van der Waals surface area contributed by atoms with Gasteiger partial charge in [-0.2, -0.15) is 11.8 Å². The maximum Gasteiger partial charge on any atom is 0.137 e. The Balaban J connectivity index is 1.97. The number of pyridine rings is 1. The maximum atomic E-state index is 4.68. The summed E-state index contributed by atoms with van der Waals surface area (Å²) >= 11 is 2.00. The minimum absolute atomic E-state index is 0.416. The summed E-state index contributed by atoms with van der Waals surface area (Å²) in [6.07, 6.45) is 4.22. The Labute approximate surface area is 99.3 Å². The van der Waals surface area contributed by atoms with Crippen LogP contribution in [-0.2, 0) is 0 Å². The molecule has 0 amide bonds. The van der Waals surface area contributed by atoms with Crippen LogP contribution in [-0.4, -0.2) is 27.4 Å². The fourth-order valence-electron chi connectivity index (χ4n) is 2.03. The van der Waals surface area contributed by atoms with Crippen molar-refractivity contribution in [3.63, 3.8) is 0 Å². The van der Waals surface area contributed by atoms with Crippen molar-refractivity contribution in [3.8, 4) is 0 Å². The molecule has 1 unspecified atom stereocenters. The van der Waals surface area contributed by atoms with Crippen molar-refractivity contribution in [1.82, 2.24) is 14.7 Å². The summed E-state index contributed by atoms with van der Waals surface area (Å²) in [6.45, 7) is 3.19. The monoisotopic (exact) mass is 233 g/mol. The number of hydrogen-bond donors (Lipinski definition) is 1. The molecule has 3 nitrogen and oxygen atoms in total. The Morgan fingerprint density at radius 3 is 3.31 bits per heavy atom. The number of fused-ring (bicyclic) bond motifs is 1. The lowest BCUT2D eigenvalue weighted by Crippen LogP contribution is -2.30. The SMILES string of the molecule is Cc1ccn2cc(C3CSCCN3)nc2c1. The summed E-state index contributed by atoms with van der Waals surface area (Å²) in [6, 6.07) is 4.65. The van der Waals surface area contributed by atoms with Crippen LogP contribution in [0.1, 0.15) is 17.3 Å². The molecule has 84 valence electrons. The van der Waals surface area contributed by atoms with Crippen LogP contribution in [0.4, 0.5) is 0 Å². The van der Waals surface area contributed by atoms with Gasteiger partial charge in [0.2, 0.25) is 0 Å². The van der Waals surface area contributed by atoms with Crippen molar-refractivity contribution in [2.75, 3.05) is 18.1 Å². The van der Waals surface area contributed by atoms with Gasteiger partial charge in [0.25, 0.3) is 0 Å². The molecule has 1 saturated heterocycles. The average Bonchev–Trinajstić information content (AvgIpc) is 2.73. The van der Waals surface area contributed by atoms with Crippen LogP contribution in [0.15, 0.2) is 24.5 Å². The zero-order valence-electron chi connectivity index (χ0n) is 9.31. The van der Waals surface area contributed by atoms with Gasteiger partial charge >= 0.3 is 0 Å². The highest BCUT2D eigenvalue weighted by Gasteiger charge is 2.17. The molecule has 0 aromatic carbocycles. The molecule has 1 aliphatic rings. The summed E-state index contributed by atoms with van der Waals surface area (Å²) in [4.78, 5) is 4.68. The quantitative estimate of drug-likeness (QED) is 0.817. The molecule has 1 N–H and O–H groups in total. The van der Waals surface area contributed by atoms with E-state index in [2.05, 4.69) is 46.2 Å². The summed E-state index contributed by atoms with van der Waals surface area (Å²) in [5.74, 6) is 2.34. The van der Waals surface area contributed by atoms with Crippen molar-refractivity contribution >= 4 is 17.4 Å². The minimum atomic E-state index is 0.416. The number of thioether (sulfide) groups is 1. The van der Waals surface area contributed by atoms with Crippen molar-refractivity contribution in [2.45, 2.75) is 13.0 Å². The van der Waals surface area contributed by atoms with Crippen LogP contribution in [0.2, 0.25) is 0 Å². The van der Waals surface area contributed by atoms with E-state index in [0.717, 1.165) is 23.6 Å². The standard InChI is InChI=1S/C12H15N3S/c1-9-2-4-15-7-10(14-12(15)6-9)11-8-16-5-3-13-11/h2,4,6-7,11,13H,3,5,8H2,1H3. The lowest BCUT2D eigenvalue weighted by Gasteiger charge is -2.20. The normalized spacial score (nSPS) is 21.4. The lowest BCUT2D eigenvalue weighted by atomic mass is 10.2. The molecule has 0 radical (unpaired) electrons. The predicted octanol–water partition coefficient (Wildman–Crippen LogP) is 2.02. The molecule has 16 heavy (non-hydrogen) atoms. The summed E-state index contributed by atoms with van der Waals surface area (Å²) < 4.78 is 2.10. The third-order valence-electron chi connectivity index (χ3n) is 2.91. The van der Waals surface area contributed by atoms with Crippen molar-refractivity contribution < 1.29 is 0 Å². The first-order valence-electron chi connectivity index (χ1n) is 5.59. The highest BCUT2D eigenvalue weighted by atomic mass is 32.2. The first-order valence-corrected chi connectivity index (χ1v) is 6.75. The Bertz CT molecular complexity index is 500. The predicted molar refractivity (Wildman–Crippen MR) is 68.0 cm³/mol. The molecule has 3 rings (SSSR count). The number of aromatic nitrogens is 2. The van der Waals surface area contributed by atoms with Gasteiger partial charge in [0.05, 0.1) is 11.7 Å². The second-order valence-corrected chi connectivity index (χ2v) is 5.37. The minimum Gasteiger partial charge on any atom is -0.307 e. The second-order valence-electron chi connectivity index (χ2n) is 4.22. The first kappa shape index (κ1) is 10.2. The van der Waals surface area contributed by atoms with E-state index in [-0.39, 0.29) is 0 Å². The highest BCUT2D eigenvalue weighted by molar-refractivity contribution is 7.99. The molecule has 0 saturated carbocycles. The fourth-order valence-corrected chi connectivity index (χ4v) is 2.98. The smallest absolute Gasteiger partial charge is 0.137 e. The highest BCUT2D eigenvalue weighted by Crippen LogP contribution is 2.21. The molecule has 3 heterocycles. The van der Waals surface area contributed by atoms with E-state index in [1.165, 1.54) is 11.3 Å². The van der Waals surface area contributed by atoms with E-state index in [1.54, 1.807) is 0 Å². The summed E-state index contributed by atoms with van der Waals surface area (Å²) in [5, 5.41) is 3.51. The topological polar surface area (TPSA) is 29.3 Å². The van der Waals surface area contributed by atoms with Crippen LogP contribution < -0.4 is 5.32 Å². The molecule has 1 aliphatic heterocycles. The van der Waals surface area contributed by atoms with E-state index in [4.69, 9.17) is 0 Å². The van der Waals surface area contributed by atoms with Crippen molar-refractivity contribution in [3.05, 3.63) is 35.8 Å². The van der Waals surface area contributed by atoms with Gasteiger partial charge in [-0.15, -0.1) is 0 Å². The van der Waals surface area contributed by atoms with Gasteiger partial charge in [0.1, 0.15) is 5.65 Å². The van der Waals surface area contributed by atoms with Gasteiger partial charge in [-0.25, -0.2) is 4.98 Å². The van der Waals surface area contributed by atoms with Gasteiger partial charge in [-0.1, -0.05) is 0 Å². The van der Waals surface area contributed by atoms with E-state index in [9.17, 15) is 0 Å². The van der Waals surface area contributed by atoms with Crippen molar-refractivity contribution in [2.24, 2.45) is 0 Å². The number of imidazole rings is 1. The summed E-state index contributed by atoms with van der Waals surface area (Å²) in [5.41, 5.74) is 3.47. The average molecular weight is 233 g/mol. The fraction of sp³-hybridized carbons (Fsp3) is 0.417. The molecular weight excluding hydrogens is 218 g/mol. The van der Waals surface area contributed by atoms with Crippen molar-refractivity contribution in [1.29, 1.82) is 0 Å². The van der Waals surface area contributed by atoms with Gasteiger partial charge in [0.15, 0.2) is 0 Å². The van der Waals surface area contributed by atoms with E-state index < -0.39 is 0 Å². The molecule has 2 aromatic heterocycles. The van der Waals surface area contributed by atoms with Gasteiger partial charge in [0, 0.05) is 30.4 Å². The molecular formula is C12H15N3S. The molecule has 4 heteroatoms. The number of nitrogens with zero attached hydrogens (tertiary/aromatic N) is 2. The van der Waals surface area contributed by atoms with Gasteiger partial charge < -0.3 is 9.72 Å². The van der Waals surface area contributed by atoms with Crippen LogP contribution in [0.3, 0.4) is 0 Å². The molecule has 0 bridgehead atoms. The third kappa shape index (κ3) is 1.83. The number of nitrogens with one attached hydrogen (secondary N) is 1. The zero-order chi connectivity index (χ0) is 11.0. The number of hydrogen-bond acceptors (Lipinski definition) is 3. The lowest BCUT2D eigenvalue weighted by molar-refractivity contribution is 0.583. The first-order chi connectivity index (χ1) is 7.83. The Hall–Kier alpha value is -1.00. The van der Waals surface area contributed by atoms with E-state index in [1.807, 2.05) is 11.8 Å². The largest absolute Gasteiger partial charge is 0.307 e. The number of rotatable bonds is 1. The Morgan fingerprint density at radius 1 is 1.56 bits per heavy atom. The van der Waals surface area contributed by atoms with Crippen LogP contribution in [0.5, 0.6) is 0 Å². The molecule has 2 aromatic rings. The molecule has 0 spiro atoms. The van der Waals surface area contributed by atoms with Crippen LogP contribution in [0, 0.1) is 6.92 Å². The van der Waals surface area contributed by atoms with Gasteiger partial charge in [-0.3, -0.25) is 0 Å². The Morgan fingerprint density at radius 2 is 2.50 bits per heavy atom. The third-order valence-corrected chi connectivity index (χ3v) is 3.97. The zero-order valence-corrected chi connectivity index (χ0v) is 10.1. The summed E-state index contributed by atoms with van der Waals surface area (Å²) in [7, 11) is 0. The molecule has 0 aliphatic carbocycles. The Kier molecular flexibility index (Phi) is 2.61. The van der Waals surface area contributed by atoms with E-state index in [0.29, 0.717) is 6.04 Å². The van der Waals surface area contributed by atoms with Gasteiger partial charge in [-0.05, 0) is 24.6 Å². The molecule has 1 fully saturated rings. The van der Waals surface area contributed by atoms with E-state index >= 15 is 0 Å². The number of aryl methyl sites for hydroxylation is 1. The molecule has 1 atom stereocenters. The maximum absolute atomic E-state index is 4.68. The van der Waals surface area contributed by atoms with Crippen LogP contribution >= 0.6 is 11.8 Å².